The van der Waals surface area contributed by atoms with Crippen molar-refractivity contribution in [3.8, 4) is 6.07 Å². The van der Waals surface area contributed by atoms with Crippen LogP contribution in [0, 0.1) is 11.3 Å². The molecule has 0 spiro atoms. The maximum absolute atomic E-state index is 10.6. The van der Waals surface area contributed by atoms with Crippen LogP contribution in [0.3, 0.4) is 0 Å². The molecule has 21 heavy (non-hydrogen) atoms. The smallest absolute Gasteiger partial charge is 0.225 e. The van der Waals surface area contributed by atoms with Gasteiger partial charge in [-0.2, -0.15) is 5.26 Å². The van der Waals surface area contributed by atoms with Crippen molar-refractivity contribution in [3.63, 3.8) is 0 Å². The Bertz CT molecular complexity index is 669. The first-order valence-corrected chi connectivity index (χ1v) is 7.31. The van der Waals surface area contributed by atoms with Crippen molar-refractivity contribution in [2.45, 2.75) is 0 Å². The van der Waals surface area contributed by atoms with Crippen molar-refractivity contribution >= 4 is 28.7 Å². The van der Waals surface area contributed by atoms with E-state index >= 15 is 0 Å². The van der Waals surface area contributed by atoms with Crippen LogP contribution in [0.25, 0.3) is 0 Å². The summed E-state index contributed by atoms with van der Waals surface area (Å²) in [6.07, 6.45) is 3.79. The number of rotatable bonds is 3. The van der Waals surface area contributed by atoms with Gasteiger partial charge in [0, 0.05) is 44.0 Å². The van der Waals surface area contributed by atoms with Gasteiger partial charge in [0.05, 0.1) is 5.56 Å². The molecule has 7 nitrogen and oxygen atoms in total. The van der Waals surface area contributed by atoms with Crippen LogP contribution >= 0.6 is 11.3 Å². The molecule has 2 aromatic heterocycles. The zero-order valence-electron chi connectivity index (χ0n) is 11.1. The van der Waals surface area contributed by atoms with E-state index in [1.165, 1.54) is 23.7 Å². The van der Waals surface area contributed by atoms with Crippen molar-refractivity contribution in [2.24, 2.45) is 0 Å². The summed E-state index contributed by atoms with van der Waals surface area (Å²) in [5, 5.41) is 11.5. The van der Waals surface area contributed by atoms with Gasteiger partial charge < -0.3 is 9.80 Å². The third-order valence-electron chi connectivity index (χ3n) is 3.23. The second-order valence-electron chi connectivity index (χ2n) is 4.54. The number of thiazole rings is 1. The van der Waals surface area contributed by atoms with Crippen LogP contribution < -0.4 is 9.80 Å². The van der Waals surface area contributed by atoms with E-state index in [0.29, 0.717) is 17.2 Å². The van der Waals surface area contributed by atoms with E-state index in [1.54, 1.807) is 5.38 Å². The number of anilines is 2. The van der Waals surface area contributed by atoms with E-state index < -0.39 is 0 Å². The number of hydrogen-bond acceptors (Lipinski definition) is 8. The largest absolute Gasteiger partial charge is 0.345 e. The van der Waals surface area contributed by atoms with Gasteiger partial charge in [0.15, 0.2) is 17.1 Å². The van der Waals surface area contributed by atoms with Crippen LogP contribution in [-0.4, -0.2) is 47.4 Å². The van der Waals surface area contributed by atoms with E-state index in [4.69, 9.17) is 5.26 Å². The van der Waals surface area contributed by atoms with Crippen molar-refractivity contribution in [1.82, 2.24) is 15.0 Å². The van der Waals surface area contributed by atoms with Crippen molar-refractivity contribution in [1.29, 1.82) is 5.26 Å². The SMILES string of the molecule is N#Cc1csc(N2CCN(c3ncc(C=O)cn3)CC2)n1. The molecule has 0 amide bonds. The second kappa shape index (κ2) is 5.85. The first-order valence-electron chi connectivity index (χ1n) is 6.43. The molecule has 0 N–H and O–H groups in total. The van der Waals surface area contributed by atoms with E-state index in [2.05, 4.69) is 24.8 Å². The Morgan fingerprint density at radius 1 is 1.19 bits per heavy atom. The van der Waals surface area contributed by atoms with E-state index in [0.717, 1.165) is 37.6 Å². The van der Waals surface area contributed by atoms with Crippen LogP contribution in [0.2, 0.25) is 0 Å². The molecule has 8 heteroatoms. The van der Waals surface area contributed by atoms with E-state index in [-0.39, 0.29) is 0 Å². The molecule has 2 aromatic rings. The summed E-state index contributed by atoms with van der Waals surface area (Å²) < 4.78 is 0. The maximum atomic E-state index is 10.6. The quantitative estimate of drug-likeness (QED) is 0.780. The highest BCUT2D eigenvalue weighted by Crippen LogP contribution is 2.22. The number of hydrogen-bond donors (Lipinski definition) is 0. The fraction of sp³-hybridized carbons (Fsp3) is 0.308. The standard InChI is InChI=1S/C13H12N6OS/c14-5-11-9-21-13(17-11)19-3-1-18(2-4-19)12-15-6-10(8-20)7-16-12/h6-9H,1-4H2. The third-order valence-corrected chi connectivity index (χ3v) is 4.14. The summed E-state index contributed by atoms with van der Waals surface area (Å²) in [4.78, 5) is 27.5. The van der Waals surface area contributed by atoms with Crippen molar-refractivity contribution in [3.05, 3.63) is 29.0 Å². The van der Waals surface area contributed by atoms with Crippen molar-refractivity contribution < 1.29 is 4.79 Å². The van der Waals surface area contributed by atoms with Crippen molar-refractivity contribution in [2.75, 3.05) is 36.0 Å². The van der Waals surface area contributed by atoms with Gasteiger partial charge >= 0.3 is 0 Å². The Labute approximate surface area is 125 Å². The number of nitriles is 1. The molecule has 0 bridgehead atoms. The molecule has 1 aliphatic heterocycles. The minimum Gasteiger partial charge on any atom is -0.345 e. The fourth-order valence-corrected chi connectivity index (χ4v) is 2.92. The monoisotopic (exact) mass is 300 g/mol. The zero-order chi connectivity index (χ0) is 14.7. The Balaban J connectivity index is 1.64. The molecular weight excluding hydrogens is 288 g/mol. The van der Waals surface area contributed by atoms with E-state index in [9.17, 15) is 4.79 Å². The highest BCUT2D eigenvalue weighted by atomic mass is 32.1. The molecule has 3 rings (SSSR count). The minimum absolute atomic E-state index is 0.463. The summed E-state index contributed by atoms with van der Waals surface area (Å²) in [6, 6.07) is 2.05. The summed E-state index contributed by atoms with van der Waals surface area (Å²) in [6.45, 7) is 3.16. The molecule has 0 radical (unpaired) electrons. The second-order valence-corrected chi connectivity index (χ2v) is 5.37. The highest BCUT2D eigenvalue weighted by Gasteiger charge is 2.21. The summed E-state index contributed by atoms with van der Waals surface area (Å²) in [5.41, 5.74) is 0.939. The van der Waals surface area contributed by atoms with Gasteiger partial charge in [-0.1, -0.05) is 0 Å². The van der Waals surface area contributed by atoms with Crippen LogP contribution in [-0.2, 0) is 0 Å². The molecule has 0 aliphatic carbocycles. The Morgan fingerprint density at radius 2 is 1.86 bits per heavy atom. The molecule has 3 heterocycles. The number of carbonyl (C=O) groups excluding carboxylic acids is 1. The van der Waals surface area contributed by atoms with Crippen LogP contribution in [0.4, 0.5) is 11.1 Å². The average Bonchev–Trinajstić information content (AvgIpc) is 3.04. The lowest BCUT2D eigenvalue weighted by atomic mass is 10.3. The van der Waals surface area contributed by atoms with Crippen LogP contribution in [0.1, 0.15) is 16.1 Å². The molecular formula is C13H12N6OS. The highest BCUT2D eigenvalue weighted by molar-refractivity contribution is 7.13. The van der Waals surface area contributed by atoms with Gasteiger partial charge in [-0.25, -0.2) is 15.0 Å². The summed E-state index contributed by atoms with van der Waals surface area (Å²) in [7, 11) is 0. The van der Waals surface area contributed by atoms with Gasteiger partial charge in [0.2, 0.25) is 5.95 Å². The molecule has 1 saturated heterocycles. The zero-order valence-corrected chi connectivity index (χ0v) is 12.0. The molecule has 0 unspecified atom stereocenters. The van der Waals surface area contributed by atoms with Gasteiger partial charge in [0.1, 0.15) is 6.07 Å². The van der Waals surface area contributed by atoms with Crippen LogP contribution in [0.5, 0.6) is 0 Å². The first-order chi connectivity index (χ1) is 10.3. The third kappa shape index (κ3) is 2.83. The lowest BCUT2D eigenvalue weighted by Gasteiger charge is -2.34. The molecule has 106 valence electrons. The van der Waals surface area contributed by atoms with E-state index in [1.807, 2.05) is 6.07 Å². The molecule has 0 saturated carbocycles. The number of carbonyl (C=O) groups is 1. The topological polar surface area (TPSA) is 86.0 Å². The number of aldehydes is 1. The van der Waals surface area contributed by atoms with Crippen LogP contribution in [0.15, 0.2) is 17.8 Å². The Morgan fingerprint density at radius 3 is 2.43 bits per heavy atom. The fourth-order valence-electron chi connectivity index (χ4n) is 2.11. The first kappa shape index (κ1) is 13.5. The summed E-state index contributed by atoms with van der Waals surface area (Å²) >= 11 is 1.49. The number of nitrogens with zero attached hydrogens (tertiary/aromatic N) is 6. The van der Waals surface area contributed by atoms with Gasteiger partial charge in [0.25, 0.3) is 0 Å². The minimum atomic E-state index is 0.463. The van der Waals surface area contributed by atoms with Gasteiger partial charge in [-0.15, -0.1) is 11.3 Å². The lowest BCUT2D eigenvalue weighted by molar-refractivity contribution is 0.112. The number of aromatic nitrogens is 3. The number of piperazine rings is 1. The predicted octanol–water partition coefficient (Wildman–Crippen LogP) is 0.944. The predicted molar refractivity (Wildman–Crippen MR) is 78.7 cm³/mol. The van der Waals surface area contributed by atoms with Gasteiger partial charge in [-0.3, -0.25) is 4.79 Å². The Hall–Kier alpha value is -2.53. The normalized spacial score (nSPS) is 14.8. The van der Waals surface area contributed by atoms with Gasteiger partial charge in [-0.05, 0) is 0 Å². The molecule has 1 fully saturated rings. The molecule has 1 aliphatic rings. The average molecular weight is 300 g/mol. The maximum Gasteiger partial charge on any atom is 0.225 e. The molecule has 0 aromatic carbocycles. The lowest BCUT2D eigenvalue weighted by Crippen LogP contribution is -2.47. The Kier molecular flexibility index (Phi) is 3.75. The molecule has 0 atom stereocenters. The summed E-state index contributed by atoms with van der Waals surface area (Å²) in [5.74, 6) is 0.636.